The molecule has 0 aromatic carbocycles. The van der Waals surface area contributed by atoms with Crippen LogP contribution in [0, 0.1) is 0 Å². The quantitative estimate of drug-likeness (QED) is 0.432. The van der Waals surface area contributed by atoms with Crippen LogP contribution in [0.3, 0.4) is 0 Å². The molecule has 64 valence electrons. The van der Waals surface area contributed by atoms with Gasteiger partial charge >= 0.3 is 11.9 Å². The van der Waals surface area contributed by atoms with Gasteiger partial charge in [-0.25, -0.2) is 9.59 Å². The molecule has 2 atom stereocenters. The fraction of sp³-hybridized carbons (Fsp3) is 0.500. The van der Waals surface area contributed by atoms with E-state index in [-0.39, 0.29) is 41.2 Å². The number of rotatable bonds is 3. The molecule has 6 nitrogen and oxygen atoms in total. The molecule has 0 heterocycles. The summed E-state index contributed by atoms with van der Waals surface area (Å²) in [6, 6.07) is 0. The van der Waals surface area contributed by atoms with Gasteiger partial charge in [0, 0.05) is 41.2 Å². The zero-order valence-electron chi connectivity index (χ0n) is 5.97. The molecule has 0 bridgehead atoms. The first-order valence-electron chi connectivity index (χ1n) is 2.28. The summed E-state index contributed by atoms with van der Waals surface area (Å²) in [5.74, 6) is -3.54. The molecule has 0 aromatic rings. The van der Waals surface area contributed by atoms with Crippen molar-refractivity contribution in [3.63, 3.8) is 0 Å². The SMILES string of the molecule is O=C(O)C(O)C(O)C(=O)O.[Ti].[Zn]. The van der Waals surface area contributed by atoms with Crippen LogP contribution in [0.4, 0.5) is 0 Å². The van der Waals surface area contributed by atoms with E-state index in [1.807, 2.05) is 0 Å². The van der Waals surface area contributed by atoms with Gasteiger partial charge in [-0.15, -0.1) is 0 Å². The summed E-state index contributed by atoms with van der Waals surface area (Å²) in [5.41, 5.74) is 0. The zero-order chi connectivity index (χ0) is 8.31. The molecular formula is C4H6O6TiZn. The van der Waals surface area contributed by atoms with Crippen molar-refractivity contribution in [2.24, 2.45) is 0 Å². The molecule has 0 saturated heterocycles. The second kappa shape index (κ2) is 7.83. The number of carbonyl (C=O) groups is 2. The Kier molecular flexibility index (Phi) is 11.8. The Labute approximate surface area is 95.2 Å². The first-order valence-corrected chi connectivity index (χ1v) is 2.28. The third-order valence-corrected chi connectivity index (χ3v) is 0.805. The Morgan fingerprint density at radius 3 is 1.17 bits per heavy atom. The van der Waals surface area contributed by atoms with E-state index in [1.165, 1.54) is 0 Å². The summed E-state index contributed by atoms with van der Waals surface area (Å²) in [7, 11) is 0. The van der Waals surface area contributed by atoms with Gasteiger partial charge in [0.2, 0.25) is 0 Å². The molecule has 0 aliphatic rings. The summed E-state index contributed by atoms with van der Waals surface area (Å²) in [6.07, 6.45) is -4.53. The molecular weight excluding hydrogens is 257 g/mol. The van der Waals surface area contributed by atoms with Crippen LogP contribution < -0.4 is 0 Å². The van der Waals surface area contributed by atoms with E-state index >= 15 is 0 Å². The van der Waals surface area contributed by atoms with Crippen LogP contribution in [-0.4, -0.2) is 44.6 Å². The average molecular weight is 263 g/mol. The van der Waals surface area contributed by atoms with Crippen molar-refractivity contribution in [1.29, 1.82) is 0 Å². The van der Waals surface area contributed by atoms with Gasteiger partial charge < -0.3 is 20.4 Å². The fourth-order valence-corrected chi connectivity index (χ4v) is 0.270. The maximum Gasteiger partial charge on any atom is 0.335 e. The molecule has 0 radical (unpaired) electrons. The Morgan fingerprint density at radius 1 is 0.917 bits per heavy atom. The van der Waals surface area contributed by atoms with Gasteiger partial charge in [0.25, 0.3) is 0 Å². The first-order chi connectivity index (χ1) is 4.46. The van der Waals surface area contributed by atoms with Crippen LogP contribution in [0.2, 0.25) is 0 Å². The maximum absolute atomic E-state index is 9.77. The molecule has 4 N–H and O–H groups in total. The minimum Gasteiger partial charge on any atom is -0.479 e. The van der Waals surface area contributed by atoms with E-state index in [2.05, 4.69) is 0 Å². The average Bonchev–Trinajstić information content (AvgIpc) is 1.84. The van der Waals surface area contributed by atoms with Gasteiger partial charge in [0.1, 0.15) is 0 Å². The Bertz CT molecular complexity index is 144. The molecule has 0 saturated carbocycles. The number of aliphatic hydroxyl groups is 2. The summed E-state index contributed by atoms with van der Waals surface area (Å²) in [4.78, 5) is 19.5. The smallest absolute Gasteiger partial charge is 0.335 e. The predicted octanol–water partition coefficient (Wildman–Crippen LogP) is -2.13. The van der Waals surface area contributed by atoms with Crippen molar-refractivity contribution in [1.82, 2.24) is 0 Å². The Balaban J connectivity index is -0.000000405. The number of carboxylic acids is 2. The number of aliphatic hydroxyl groups excluding tert-OH is 2. The molecule has 12 heavy (non-hydrogen) atoms. The summed E-state index contributed by atoms with van der Waals surface area (Å²) < 4.78 is 0. The van der Waals surface area contributed by atoms with Crippen LogP contribution in [0.15, 0.2) is 0 Å². The van der Waals surface area contributed by atoms with Crippen molar-refractivity contribution < 1.29 is 71.2 Å². The van der Waals surface area contributed by atoms with E-state index in [0.717, 1.165) is 0 Å². The Hall–Kier alpha value is 0.198. The van der Waals surface area contributed by atoms with Crippen LogP contribution in [-0.2, 0) is 50.8 Å². The minimum atomic E-state index is -2.27. The van der Waals surface area contributed by atoms with E-state index in [0.29, 0.717) is 0 Å². The normalized spacial score (nSPS) is 13.2. The maximum atomic E-state index is 9.77. The van der Waals surface area contributed by atoms with E-state index in [9.17, 15) is 9.59 Å². The molecule has 0 rings (SSSR count). The van der Waals surface area contributed by atoms with Crippen molar-refractivity contribution in [2.45, 2.75) is 12.2 Å². The largest absolute Gasteiger partial charge is 0.479 e. The van der Waals surface area contributed by atoms with Gasteiger partial charge in [-0.3, -0.25) is 0 Å². The zero-order valence-corrected chi connectivity index (χ0v) is 10.5. The van der Waals surface area contributed by atoms with Gasteiger partial charge in [-0.2, -0.15) is 0 Å². The van der Waals surface area contributed by atoms with E-state index < -0.39 is 24.1 Å². The monoisotopic (exact) mass is 262 g/mol. The number of aliphatic carboxylic acids is 2. The topological polar surface area (TPSA) is 115 Å². The Morgan fingerprint density at radius 2 is 1.08 bits per heavy atom. The summed E-state index contributed by atoms with van der Waals surface area (Å²) in [5, 5.41) is 32.5. The molecule has 8 heteroatoms. The molecule has 2 unspecified atom stereocenters. The second-order valence-electron chi connectivity index (χ2n) is 1.57. The van der Waals surface area contributed by atoms with Crippen LogP contribution in [0.25, 0.3) is 0 Å². The minimum absolute atomic E-state index is 0. The third kappa shape index (κ3) is 5.80. The fourth-order valence-electron chi connectivity index (χ4n) is 0.270. The first kappa shape index (κ1) is 18.1. The molecule has 0 aromatic heterocycles. The van der Waals surface area contributed by atoms with Gasteiger partial charge in [-0.1, -0.05) is 0 Å². The number of hydrogen-bond donors (Lipinski definition) is 4. The van der Waals surface area contributed by atoms with E-state index in [4.69, 9.17) is 20.4 Å². The van der Waals surface area contributed by atoms with Crippen LogP contribution >= 0.6 is 0 Å². The second-order valence-corrected chi connectivity index (χ2v) is 1.57. The third-order valence-electron chi connectivity index (χ3n) is 0.805. The summed E-state index contributed by atoms with van der Waals surface area (Å²) >= 11 is 0. The summed E-state index contributed by atoms with van der Waals surface area (Å²) in [6.45, 7) is 0. The molecule has 0 spiro atoms. The number of hydrogen-bond acceptors (Lipinski definition) is 4. The number of carboxylic acid groups (broad SMARTS) is 2. The van der Waals surface area contributed by atoms with Gasteiger partial charge in [-0.05, 0) is 0 Å². The van der Waals surface area contributed by atoms with Crippen molar-refractivity contribution >= 4 is 11.9 Å². The van der Waals surface area contributed by atoms with Crippen molar-refractivity contribution in [3.05, 3.63) is 0 Å². The van der Waals surface area contributed by atoms with Gasteiger partial charge in [0.05, 0.1) is 0 Å². The predicted molar refractivity (Wildman–Crippen MR) is 27.3 cm³/mol. The standard InChI is InChI=1S/C4H6O6.Ti.Zn/c5-1(3(7)8)2(6)4(9)10;;/h1-2,5-6H,(H,7,8)(H,9,10);;. The van der Waals surface area contributed by atoms with Crippen molar-refractivity contribution in [3.8, 4) is 0 Å². The van der Waals surface area contributed by atoms with Gasteiger partial charge in [0.15, 0.2) is 12.2 Å². The molecule has 0 aliphatic carbocycles. The molecule has 0 fully saturated rings. The van der Waals surface area contributed by atoms with E-state index in [1.54, 1.807) is 0 Å². The van der Waals surface area contributed by atoms with Crippen LogP contribution in [0.5, 0.6) is 0 Å². The van der Waals surface area contributed by atoms with Crippen molar-refractivity contribution in [2.75, 3.05) is 0 Å². The van der Waals surface area contributed by atoms with Crippen LogP contribution in [0.1, 0.15) is 0 Å². The molecule has 0 aliphatic heterocycles. The molecule has 0 amide bonds.